The lowest BCUT2D eigenvalue weighted by atomic mass is 10.1. The van der Waals surface area contributed by atoms with Crippen LogP contribution in [0.2, 0.25) is 10.0 Å². The number of aliphatic hydroxyl groups excluding tert-OH is 1. The first kappa shape index (κ1) is 20.9. The molecule has 0 unspecified atom stereocenters. The van der Waals surface area contributed by atoms with Crippen molar-refractivity contribution >= 4 is 29.1 Å². The van der Waals surface area contributed by atoms with E-state index in [-0.39, 0.29) is 24.2 Å². The van der Waals surface area contributed by atoms with Crippen LogP contribution in [0.4, 0.5) is 0 Å². The molecule has 1 aliphatic heterocycles. The molecule has 1 amide bonds. The number of hydrogen-bond donors (Lipinski definition) is 2. The van der Waals surface area contributed by atoms with Crippen LogP contribution in [0.15, 0.2) is 54.7 Å². The van der Waals surface area contributed by atoms with E-state index in [1.54, 1.807) is 24.4 Å². The molecule has 1 atom stereocenters. The second kappa shape index (κ2) is 9.18. The molecule has 1 aromatic heterocycles. The molecule has 1 aliphatic rings. The Hall–Kier alpha value is -2.38. The zero-order valence-corrected chi connectivity index (χ0v) is 17.8. The van der Waals surface area contributed by atoms with Crippen LogP contribution in [-0.2, 0) is 0 Å². The molecule has 0 saturated carbocycles. The Bertz CT molecular complexity index is 1040. The van der Waals surface area contributed by atoms with Crippen LogP contribution in [-0.4, -0.2) is 44.8 Å². The van der Waals surface area contributed by atoms with Crippen molar-refractivity contribution in [2.24, 2.45) is 0 Å². The van der Waals surface area contributed by atoms with Gasteiger partial charge in [0, 0.05) is 29.0 Å². The fourth-order valence-electron chi connectivity index (χ4n) is 3.65. The number of halogens is 2. The maximum Gasteiger partial charge on any atom is 0.285 e. The molecular weight excluding hydrogens is 423 g/mol. The highest BCUT2D eigenvalue weighted by molar-refractivity contribution is 6.33. The van der Waals surface area contributed by atoms with Crippen molar-refractivity contribution in [2.45, 2.75) is 25.3 Å². The third-order valence-corrected chi connectivity index (χ3v) is 5.82. The van der Waals surface area contributed by atoms with E-state index in [0.717, 1.165) is 30.5 Å². The van der Waals surface area contributed by atoms with Crippen LogP contribution in [0.1, 0.15) is 29.8 Å². The number of rotatable bonds is 5. The quantitative estimate of drug-likeness (QED) is 0.613. The van der Waals surface area contributed by atoms with Crippen molar-refractivity contribution in [2.75, 3.05) is 13.2 Å². The predicted octanol–water partition coefficient (Wildman–Crippen LogP) is 4.34. The Labute approximate surface area is 185 Å². The number of piperidine rings is 1. The molecule has 30 heavy (non-hydrogen) atoms. The van der Waals surface area contributed by atoms with Crippen molar-refractivity contribution in [1.82, 2.24) is 20.0 Å². The third-order valence-electron chi connectivity index (χ3n) is 5.24. The smallest absolute Gasteiger partial charge is 0.285 e. The number of amides is 1. The van der Waals surface area contributed by atoms with Gasteiger partial charge in [-0.05, 0) is 49.2 Å². The van der Waals surface area contributed by atoms with Crippen molar-refractivity contribution in [3.8, 4) is 17.1 Å². The number of aromatic nitrogens is 2. The van der Waals surface area contributed by atoms with Gasteiger partial charge in [0.1, 0.15) is 11.5 Å². The molecule has 1 fully saturated rings. The standard InChI is InChI=1S/C22H22Cl2N4O2/c23-15-8-10-16(11-9-15)27-13-20(25-21(27)18-6-1-2-7-19(18)24)22(30)26-28-12-4-3-5-17(28)14-29/h1-2,6-11,13,17,29H,3-5,12,14H2,(H,26,30)/t17-/m1/s1. The van der Waals surface area contributed by atoms with Gasteiger partial charge < -0.3 is 5.11 Å². The van der Waals surface area contributed by atoms with Crippen LogP contribution in [0, 0.1) is 0 Å². The molecule has 4 rings (SSSR count). The number of benzene rings is 2. The lowest BCUT2D eigenvalue weighted by Gasteiger charge is -2.34. The average Bonchev–Trinajstić information content (AvgIpc) is 3.20. The first-order valence-electron chi connectivity index (χ1n) is 9.85. The Morgan fingerprint density at radius 2 is 1.90 bits per heavy atom. The summed E-state index contributed by atoms with van der Waals surface area (Å²) in [7, 11) is 0. The zero-order chi connectivity index (χ0) is 21.1. The van der Waals surface area contributed by atoms with Crippen molar-refractivity contribution < 1.29 is 9.90 Å². The number of aliphatic hydroxyl groups is 1. The van der Waals surface area contributed by atoms with Gasteiger partial charge in [0.05, 0.1) is 17.7 Å². The van der Waals surface area contributed by atoms with Crippen molar-refractivity contribution in [1.29, 1.82) is 0 Å². The van der Waals surface area contributed by atoms with Crippen molar-refractivity contribution in [3.05, 3.63) is 70.5 Å². The van der Waals surface area contributed by atoms with E-state index in [4.69, 9.17) is 23.2 Å². The Morgan fingerprint density at radius 3 is 2.63 bits per heavy atom. The summed E-state index contributed by atoms with van der Waals surface area (Å²) in [5, 5.41) is 12.6. The summed E-state index contributed by atoms with van der Waals surface area (Å²) < 4.78 is 1.83. The molecule has 6 nitrogen and oxygen atoms in total. The van der Waals surface area contributed by atoms with E-state index in [2.05, 4.69) is 10.4 Å². The van der Waals surface area contributed by atoms with Gasteiger partial charge in [0.2, 0.25) is 0 Å². The Balaban J connectivity index is 1.71. The molecule has 2 aromatic carbocycles. The molecule has 156 valence electrons. The fourth-order valence-corrected chi connectivity index (χ4v) is 3.99. The molecule has 0 radical (unpaired) electrons. The zero-order valence-electron chi connectivity index (χ0n) is 16.3. The number of hydrogen-bond acceptors (Lipinski definition) is 4. The topological polar surface area (TPSA) is 70.4 Å². The van der Waals surface area contributed by atoms with Gasteiger partial charge in [0.25, 0.3) is 5.91 Å². The summed E-state index contributed by atoms with van der Waals surface area (Å²) in [6, 6.07) is 14.6. The summed E-state index contributed by atoms with van der Waals surface area (Å²) in [5.74, 6) is 0.238. The number of nitrogens with zero attached hydrogens (tertiary/aromatic N) is 3. The lowest BCUT2D eigenvalue weighted by Crippen LogP contribution is -2.52. The second-order valence-corrected chi connectivity index (χ2v) is 8.09. The van der Waals surface area contributed by atoms with Gasteiger partial charge in [-0.2, -0.15) is 0 Å². The Morgan fingerprint density at radius 1 is 1.13 bits per heavy atom. The molecule has 8 heteroatoms. The molecule has 2 heterocycles. The minimum atomic E-state index is -0.323. The van der Waals surface area contributed by atoms with Crippen molar-refractivity contribution in [3.63, 3.8) is 0 Å². The van der Waals surface area contributed by atoms with Gasteiger partial charge in [-0.15, -0.1) is 0 Å². The molecular formula is C22H22Cl2N4O2. The first-order valence-corrected chi connectivity index (χ1v) is 10.6. The SMILES string of the molecule is O=C(NN1CCCC[C@@H]1CO)c1cn(-c2ccc(Cl)cc2)c(-c2ccccc2Cl)n1. The number of nitrogens with one attached hydrogen (secondary N) is 1. The van der Waals surface area contributed by atoms with E-state index >= 15 is 0 Å². The molecule has 0 aliphatic carbocycles. The maximum absolute atomic E-state index is 13.0. The summed E-state index contributed by atoms with van der Waals surface area (Å²) in [6.07, 6.45) is 4.55. The van der Waals surface area contributed by atoms with Crippen LogP contribution < -0.4 is 5.43 Å². The molecule has 2 N–H and O–H groups in total. The van der Waals surface area contributed by atoms with Crippen LogP contribution >= 0.6 is 23.2 Å². The lowest BCUT2D eigenvalue weighted by molar-refractivity contribution is 0.0378. The Kier molecular flexibility index (Phi) is 6.39. The summed E-state index contributed by atoms with van der Waals surface area (Å²) >= 11 is 12.5. The van der Waals surface area contributed by atoms with Gasteiger partial charge in [-0.1, -0.05) is 41.8 Å². The maximum atomic E-state index is 13.0. The van der Waals surface area contributed by atoms with Gasteiger partial charge in [0.15, 0.2) is 0 Å². The monoisotopic (exact) mass is 444 g/mol. The van der Waals surface area contributed by atoms with E-state index in [1.807, 2.05) is 39.9 Å². The van der Waals surface area contributed by atoms with Gasteiger partial charge in [-0.25, -0.2) is 9.99 Å². The average molecular weight is 445 g/mol. The summed E-state index contributed by atoms with van der Waals surface area (Å²) in [4.78, 5) is 17.6. The second-order valence-electron chi connectivity index (χ2n) is 7.24. The van der Waals surface area contributed by atoms with Gasteiger partial charge >= 0.3 is 0 Å². The number of carbonyl (C=O) groups excluding carboxylic acids is 1. The molecule has 1 saturated heterocycles. The minimum Gasteiger partial charge on any atom is -0.395 e. The first-order chi connectivity index (χ1) is 14.6. The van der Waals surface area contributed by atoms with Crippen LogP contribution in [0.25, 0.3) is 17.1 Å². The van der Waals surface area contributed by atoms with E-state index in [1.165, 1.54) is 0 Å². The predicted molar refractivity (Wildman–Crippen MR) is 118 cm³/mol. The van der Waals surface area contributed by atoms with E-state index in [9.17, 15) is 9.90 Å². The van der Waals surface area contributed by atoms with E-state index < -0.39 is 0 Å². The highest BCUT2D eigenvalue weighted by Gasteiger charge is 2.25. The number of imidazole rings is 1. The summed E-state index contributed by atoms with van der Waals surface area (Å²) in [5.41, 5.74) is 4.71. The number of carbonyl (C=O) groups is 1. The third kappa shape index (κ3) is 4.37. The molecule has 0 spiro atoms. The van der Waals surface area contributed by atoms with Gasteiger partial charge in [-0.3, -0.25) is 14.8 Å². The van der Waals surface area contributed by atoms with E-state index in [0.29, 0.717) is 22.4 Å². The normalized spacial score (nSPS) is 17.1. The molecule has 0 bridgehead atoms. The highest BCUT2D eigenvalue weighted by atomic mass is 35.5. The highest BCUT2D eigenvalue weighted by Crippen LogP contribution is 2.29. The minimum absolute atomic E-state index is 0.00433. The fraction of sp³-hybridized carbons (Fsp3) is 0.273. The largest absolute Gasteiger partial charge is 0.395 e. The number of hydrazine groups is 1. The van der Waals surface area contributed by atoms with Crippen LogP contribution in [0.3, 0.4) is 0 Å². The summed E-state index contributed by atoms with van der Waals surface area (Å²) in [6.45, 7) is 0.705. The van der Waals surface area contributed by atoms with Crippen LogP contribution in [0.5, 0.6) is 0 Å². The molecule has 3 aromatic rings.